The van der Waals surface area contributed by atoms with Crippen LogP contribution in [0, 0.1) is 0 Å². The molecule has 3 N–H and O–H groups in total. The van der Waals surface area contributed by atoms with Gasteiger partial charge in [0.05, 0.1) is 6.21 Å². The summed E-state index contributed by atoms with van der Waals surface area (Å²) in [5, 5.41) is 4.90. The number of amides is 2. The van der Waals surface area contributed by atoms with Crippen molar-refractivity contribution in [1.82, 2.24) is 5.43 Å². The summed E-state index contributed by atoms with van der Waals surface area (Å²) in [6.45, 7) is 0.364. The van der Waals surface area contributed by atoms with Crippen molar-refractivity contribution in [3.63, 3.8) is 0 Å². The summed E-state index contributed by atoms with van der Waals surface area (Å²) >= 11 is 11.8. The Bertz CT molecular complexity index is 688. The van der Waals surface area contributed by atoms with Crippen LogP contribution in [-0.2, 0) is 6.61 Å². The largest absolute Gasteiger partial charge is 0.488 e. The average Bonchev–Trinajstić information content (AvgIpc) is 2.48. The van der Waals surface area contributed by atoms with Crippen LogP contribution < -0.4 is 15.9 Å². The monoisotopic (exact) mass is 337 g/mol. The van der Waals surface area contributed by atoms with Gasteiger partial charge < -0.3 is 10.5 Å². The lowest BCUT2D eigenvalue weighted by Crippen LogP contribution is -2.24. The number of nitrogens with one attached hydrogen (secondary N) is 1. The van der Waals surface area contributed by atoms with E-state index in [1.165, 1.54) is 6.21 Å². The zero-order chi connectivity index (χ0) is 15.9. The van der Waals surface area contributed by atoms with Crippen LogP contribution in [0.15, 0.2) is 47.6 Å². The summed E-state index contributed by atoms with van der Waals surface area (Å²) in [4.78, 5) is 10.6. The highest BCUT2D eigenvalue weighted by Crippen LogP contribution is 2.22. The highest BCUT2D eigenvalue weighted by atomic mass is 35.5. The number of carbonyl (C=O) groups excluding carboxylic acids is 1. The number of hydrazone groups is 1. The number of nitrogens with two attached hydrogens (primary N) is 1. The van der Waals surface area contributed by atoms with E-state index < -0.39 is 6.03 Å². The predicted octanol–water partition coefficient (Wildman–Crippen LogP) is 3.57. The Balaban J connectivity index is 2.10. The van der Waals surface area contributed by atoms with Crippen molar-refractivity contribution in [3.05, 3.63) is 63.6 Å². The molecule has 7 heteroatoms. The van der Waals surface area contributed by atoms with E-state index in [0.717, 1.165) is 5.56 Å². The van der Waals surface area contributed by atoms with Crippen LogP contribution >= 0.6 is 23.2 Å². The molecule has 114 valence electrons. The fourth-order valence-electron chi connectivity index (χ4n) is 1.66. The lowest BCUT2D eigenvalue weighted by atomic mass is 10.2. The molecule has 5 nitrogen and oxygen atoms in total. The van der Waals surface area contributed by atoms with E-state index in [9.17, 15) is 4.79 Å². The minimum Gasteiger partial charge on any atom is -0.488 e. The van der Waals surface area contributed by atoms with E-state index in [0.29, 0.717) is 28.0 Å². The summed E-state index contributed by atoms with van der Waals surface area (Å²) in [6, 6.07) is 11.7. The molecule has 0 saturated heterocycles. The van der Waals surface area contributed by atoms with Gasteiger partial charge in [0.2, 0.25) is 0 Å². The van der Waals surface area contributed by atoms with E-state index in [2.05, 4.69) is 10.5 Å². The molecule has 0 bridgehead atoms. The van der Waals surface area contributed by atoms with Gasteiger partial charge in [-0.25, -0.2) is 10.2 Å². The van der Waals surface area contributed by atoms with Gasteiger partial charge in [0.1, 0.15) is 12.4 Å². The van der Waals surface area contributed by atoms with Crippen molar-refractivity contribution in [2.75, 3.05) is 0 Å². The molecule has 0 unspecified atom stereocenters. The van der Waals surface area contributed by atoms with Gasteiger partial charge in [0.15, 0.2) is 0 Å². The molecule has 0 radical (unpaired) electrons. The van der Waals surface area contributed by atoms with E-state index in [4.69, 9.17) is 33.7 Å². The molecule has 0 spiro atoms. The second-order valence-corrected chi connectivity index (χ2v) is 5.20. The van der Waals surface area contributed by atoms with Gasteiger partial charge in [-0.15, -0.1) is 0 Å². The van der Waals surface area contributed by atoms with E-state index in [-0.39, 0.29) is 0 Å². The lowest BCUT2D eigenvalue weighted by molar-refractivity contribution is 0.249. The highest BCUT2D eigenvalue weighted by Gasteiger charge is 2.04. The highest BCUT2D eigenvalue weighted by molar-refractivity contribution is 6.31. The van der Waals surface area contributed by atoms with Crippen molar-refractivity contribution >= 4 is 35.4 Å². The summed E-state index contributed by atoms with van der Waals surface area (Å²) in [6.07, 6.45) is 1.41. The zero-order valence-corrected chi connectivity index (χ0v) is 12.9. The van der Waals surface area contributed by atoms with Gasteiger partial charge in [-0.3, -0.25) is 0 Å². The Morgan fingerprint density at radius 1 is 1.18 bits per heavy atom. The van der Waals surface area contributed by atoms with Crippen molar-refractivity contribution in [2.45, 2.75) is 6.61 Å². The number of ether oxygens (including phenoxy) is 1. The van der Waals surface area contributed by atoms with Crippen molar-refractivity contribution < 1.29 is 9.53 Å². The SMILES string of the molecule is NC(=O)NN=Cc1cc(Cl)ccc1OCc1ccc(Cl)cc1. The molecule has 0 aromatic heterocycles. The normalized spacial score (nSPS) is 10.6. The summed E-state index contributed by atoms with van der Waals surface area (Å²) in [5.41, 5.74) is 8.65. The maximum atomic E-state index is 10.6. The molecule has 0 fully saturated rings. The van der Waals surface area contributed by atoms with Crippen LogP contribution in [-0.4, -0.2) is 12.2 Å². The molecule has 2 rings (SSSR count). The van der Waals surface area contributed by atoms with Gasteiger partial charge in [0.25, 0.3) is 0 Å². The smallest absolute Gasteiger partial charge is 0.332 e. The number of halogens is 2. The second kappa shape index (κ2) is 7.68. The maximum absolute atomic E-state index is 10.6. The first-order valence-corrected chi connectivity index (χ1v) is 7.05. The summed E-state index contributed by atoms with van der Waals surface area (Å²) in [5.74, 6) is 0.578. The molecule has 0 aliphatic carbocycles. The molecular weight excluding hydrogens is 325 g/mol. The predicted molar refractivity (Wildman–Crippen MR) is 87.5 cm³/mol. The molecule has 0 aliphatic rings. The third kappa shape index (κ3) is 4.95. The maximum Gasteiger partial charge on any atom is 0.332 e. The number of hydrogen-bond donors (Lipinski definition) is 2. The van der Waals surface area contributed by atoms with Gasteiger partial charge in [-0.2, -0.15) is 5.10 Å². The average molecular weight is 338 g/mol. The first-order chi connectivity index (χ1) is 10.5. The van der Waals surface area contributed by atoms with E-state index >= 15 is 0 Å². The standard InChI is InChI=1S/C15H13Cl2N3O2/c16-12-3-1-10(2-4-12)9-22-14-6-5-13(17)7-11(14)8-19-20-15(18)21/h1-8H,9H2,(H3,18,20,21). The lowest BCUT2D eigenvalue weighted by Gasteiger charge is -2.09. The fourth-order valence-corrected chi connectivity index (χ4v) is 1.97. The van der Waals surface area contributed by atoms with Gasteiger partial charge >= 0.3 is 6.03 Å². The minimum absolute atomic E-state index is 0.364. The number of primary amides is 1. The molecule has 2 aromatic carbocycles. The van der Waals surface area contributed by atoms with Gasteiger partial charge in [0, 0.05) is 15.6 Å². The molecule has 0 saturated carbocycles. The minimum atomic E-state index is -0.748. The Hall–Kier alpha value is -2.24. The number of urea groups is 1. The zero-order valence-electron chi connectivity index (χ0n) is 11.4. The number of rotatable bonds is 5. The fraction of sp³-hybridized carbons (Fsp3) is 0.0667. The topological polar surface area (TPSA) is 76.7 Å². The van der Waals surface area contributed by atoms with Crippen LogP contribution in [0.2, 0.25) is 10.0 Å². The number of nitrogens with zero attached hydrogens (tertiary/aromatic N) is 1. The second-order valence-electron chi connectivity index (χ2n) is 4.33. The molecule has 2 aromatic rings. The van der Waals surface area contributed by atoms with Crippen LogP contribution in [0.25, 0.3) is 0 Å². The third-order valence-corrected chi connectivity index (χ3v) is 3.14. The first-order valence-electron chi connectivity index (χ1n) is 6.30. The van der Waals surface area contributed by atoms with Crippen LogP contribution in [0.3, 0.4) is 0 Å². The van der Waals surface area contributed by atoms with Crippen LogP contribution in [0.4, 0.5) is 4.79 Å². The Morgan fingerprint density at radius 3 is 2.55 bits per heavy atom. The third-order valence-electron chi connectivity index (χ3n) is 2.66. The van der Waals surface area contributed by atoms with Crippen LogP contribution in [0.5, 0.6) is 5.75 Å². The van der Waals surface area contributed by atoms with Crippen molar-refractivity contribution in [1.29, 1.82) is 0 Å². The summed E-state index contributed by atoms with van der Waals surface area (Å²) in [7, 11) is 0. The van der Waals surface area contributed by atoms with Gasteiger partial charge in [-0.05, 0) is 35.9 Å². The van der Waals surface area contributed by atoms with Gasteiger partial charge in [-0.1, -0.05) is 35.3 Å². The Kier molecular flexibility index (Phi) is 5.63. The van der Waals surface area contributed by atoms with E-state index in [1.807, 2.05) is 12.1 Å². The molecule has 22 heavy (non-hydrogen) atoms. The molecule has 0 atom stereocenters. The Morgan fingerprint density at radius 2 is 1.86 bits per heavy atom. The first kappa shape index (κ1) is 16.1. The number of hydrogen-bond acceptors (Lipinski definition) is 3. The molecule has 2 amide bonds. The van der Waals surface area contributed by atoms with Crippen LogP contribution in [0.1, 0.15) is 11.1 Å². The van der Waals surface area contributed by atoms with E-state index in [1.54, 1.807) is 30.3 Å². The van der Waals surface area contributed by atoms with Crippen molar-refractivity contribution in [3.8, 4) is 5.75 Å². The summed E-state index contributed by atoms with van der Waals surface area (Å²) < 4.78 is 5.74. The molecular formula is C15H13Cl2N3O2. The molecule has 0 heterocycles. The quantitative estimate of drug-likeness (QED) is 0.646. The number of benzene rings is 2. The molecule has 0 aliphatic heterocycles. The Labute approximate surface area is 137 Å². The number of carbonyl (C=O) groups is 1. The van der Waals surface area contributed by atoms with Crippen molar-refractivity contribution in [2.24, 2.45) is 10.8 Å².